The molecule has 3 rings (SSSR count). The molecule has 0 unspecified atom stereocenters. The number of aromatic nitrogens is 2. The molecule has 1 saturated carbocycles. The molecule has 1 fully saturated rings. The smallest absolute Gasteiger partial charge is 0.254 e. The van der Waals surface area contributed by atoms with Crippen molar-refractivity contribution in [1.82, 2.24) is 9.97 Å². The summed E-state index contributed by atoms with van der Waals surface area (Å²) in [6.45, 7) is 0. The van der Waals surface area contributed by atoms with Crippen LogP contribution in [0, 0.1) is 5.92 Å². The molecule has 0 N–H and O–H groups in total. The number of carbonyl (C=O) groups is 1. The van der Waals surface area contributed by atoms with Gasteiger partial charge < -0.3 is 0 Å². The number of nitrogens with zero attached hydrogens (tertiary/aromatic N) is 4. The zero-order valence-electron chi connectivity index (χ0n) is 9.54. The summed E-state index contributed by atoms with van der Waals surface area (Å²) in [6.07, 6.45) is 10.0. The van der Waals surface area contributed by atoms with E-state index in [2.05, 4.69) is 15.1 Å². The lowest BCUT2D eigenvalue weighted by molar-refractivity contribution is -0.117. The van der Waals surface area contributed by atoms with Gasteiger partial charge in [-0.1, -0.05) is 12.8 Å². The maximum Gasteiger partial charge on any atom is 0.254 e. The van der Waals surface area contributed by atoms with Crippen molar-refractivity contribution in [2.24, 2.45) is 11.0 Å². The molecule has 88 valence electrons. The van der Waals surface area contributed by atoms with Crippen molar-refractivity contribution in [3.63, 3.8) is 0 Å². The Morgan fingerprint density at radius 3 is 2.76 bits per heavy atom. The van der Waals surface area contributed by atoms with Gasteiger partial charge in [0.1, 0.15) is 0 Å². The number of carbonyl (C=O) groups excluding carboxylic acids is 1. The Hall–Kier alpha value is -1.78. The van der Waals surface area contributed by atoms with Crippen LogP contribution >= 0.6 is 0 Å². The molecule has 17 heavy (non-hydrogen) atoms. The van der Waals surface area contributed by atoms with Gasteiger partial charge in [0, 0.05) is 12.4 Å². The van der Waals surface area contributed by atoms with Crippen LogP contribution in [-0.4, -0.2) is 21.6 Å². The molecule has 2 aliphatic rings. The molecular formula is C12H14N4O. The first-order valence-electron chi connectivity index (χ1n) is 6.01. The number of rotatable bonds is 2. The molecule has 1 aliphatic carbocycles. The highest BCUT2D eigenvalue weighted by Crippen LogP contribution is 2.30. The largest absolute Gasteiger partial charge is 0.272 e. The quantitative estimate of drug-likeness (QED) is 0.777. The van der Waals surface area contributed by atoms with Crippen molar-refractivity contribution in [3.05, 3.63) is 18.6 Å². The third kappa shape index (κ3) is 1.92. The summed E-state index contributed by atoms with van der Waals surface area (Å²) in [5.74, 6) is 1.03. The van der Waals surface area contributed by atoms with Crippen LogP contribution in [0.4, 0.5) is 5.82 Å². The van der Waals surface area contributed by atoms with Crippen LogP contribution < -0.4 is 5.01 Å². The Bertz CT molecular complexity index is 451. The van der Waals surface area contributed by atoms with Crippen LogP contribution in [-0.2, 0) is 4.79 Å². The standard InChI is InChI=1S/C12H14N4O/c17-12-7-10(9-3-1-2-4-9)15-16(12)11-8-13-5-6-14-11/h5-6,8-9H,1-4,7H2. The summed E-state index contributed by atoms with van der Waals surface area (Å²) in [4.78, 5) is 20.0. The van der Waals surface area contributed by atoms with Gasteiger partial charge in [-0.2, -0.15) is 10.1 Å². The lowest BCUT2D eigenvalue weighted by atomic mass is 10.00. The van der Waals surface area contributed by atoms with Gasteiger partial charge in [-0.15, -0.1) is 0 Å². The van der Waals surface area contributed by atoms with Gasteiger partial charge in [-0.25, -0.2) is 4.98 Å². The van der Waals surface area contributed by atoms with Gasteiger partial charge in [0.05, 0.1) is 18.3 Å². The van der Waals surface area contributed by atoms with Gasteiger partial charge >= 0.3 is 0 Å². The Morgan fingerprint density at radius 2 is 2.06 bits per heavy atom. The maximum atomic E-state index is 11.9. The summed E-state index contributed by atoms with van der Waals surface area (Å²) >= 11 is 0. The van der Waals surface area contributed by atoms with E-state index in [0.717, 1.165) is 5.71 Å². The fourth-order valence-electron chi connectivity index (χ4n) is 2.51. The second kappa shape index (κ2) is 4.24. The van der Waals surface area contributed by atoms with E-state index in [4.69, 9.17) is 0 Å². The van der Waals surface area contributed by atoms with E-state index in [1.165, 1.54) is 30.7 Å². The Balaban J connectivity index is 1.84. The molecule has 5 heteroatoms. The van der Waals surface area contributed by atoms with E-state index in [1.54, 1.807) is 18.6 Å². The molecule has 5 nitrogen and oxygen atoms in total. The van der Waals surface area contributed by atoms with Crippen molar-refractivity contribution in [3.8, 4) is 0 Å². The number of anilines is 1. The topological polar surface area (TPSA) is 58.5 Å². The minimum Gasteiger partial charge on any atom is -0.272 e. The first kappa shape index (κ1) is 10.4. The average Bonchev–Trinajstić information content (AvgIpc) is 2.99. The SMILES string of the molecule is O=C1CC(C2CCCC2)=NN1c1cnccn1. The summed E-state index contributed by atoms with van der Waals surface area (Å²) in [6, 6.07) is 0. The number of hydrogen-bond acceptors (Lipinski definition) is 4. The number of hydrazone groups is 1. The van der Waals surface area contributed by atoms with Gasteiger partial charge in [-0.3, -0.25) is 9.78 Å². The Kier molecular flexibility index (Phi) is 2.59. The summed E-state index contributed by atoms with van der Waals surface area (Å²) < 4.78 is 0. The highest BCUT2D eigenvalue weighted by molar-refractivity contribution is 6.13. The van der Waals surface area contributed by atoms with Crippen LogP contribution in [0.25, 0.3) is 0 Å². The molecular weight excluding hydrogens is 216 g/mol. The van der Waals surface area contributed by atoms with Crippen LogP contribution in [0.3, 0.4) is 0 Å². The van der Waals surface area contributed by atoms with Crippen molar-refractivity contribution in [1.29, 1.82) is 0 Å². The molecule has 0 bridgehead atoms. The molecule has 1 aliphatic heterocycles. The molecule has 1 amide bonds. The third-order valence-electron chi connectivity index (χ3n) is 3.39. The molecule has 1 aromatic heterocycles. The van der Waals surface area contributed by atoms with Gasteiger partial charge in [0.25, 0.3) is 5.91 Å². The minimum atomic E-state index is 0.00685. The lowest BCUT2D eigenvalue weighted by Gasteiger charge is -2.09. The Morgan fingerprint density at radius 1 is 1.24 bits per heavy atom. The Labute approximate surface area is 99.6 Å². The predicted octanol–water partition coefficient (Wildman–Crippen LogP) is 1.76. The van der Waals surface area contributed by atoms with Gasteiger partial charge in [0.2, 0.25) is 0 Å². The minimum absolute atomic E-state index is 0.00685. The summed E-state index contributed by atoms with van der Waals surface area (Å²) in [5.41, 5.74) is 1.03. The molecule has 0 atom stereocenters. The summed E-state index contributed by atoms with van der Waals surface area (Å²) in [7, 11) is 0. The average molecular weight is 230 g/mol. The predicted molar refractivity (Wildman–Crippen MR) is 63.5 cm³/mol. The lowest BCUT2D eigenvalue weighted by Crippen LogP contribution is -2.20. The molecule has 0 spiro atoms. The third-order valence-corrected chi connectivity index (χ3v) is 3.39. The van der Waals surface area contributed by atoms with E-state index in [-0.39, 0.29) is 5.91 Å². The highest BCUT2D eigenvalue weighted by atomic mass is 16.2. The van der Waals surface area contributed by atoms with E-state index in [9.17, 15) is 4.79 Å². The monoisotopic (exact) mass is 230 g/mol. The zero-order chi connectivity index (χ0) is 11.7. The number of amides is 1. The van der Waals surface area contributed by atoms with Crippen LogP contribution in [0.1, 0.15) is 32.1 Å². The zero-order valence-corrected chi connectivity index (χ0v) is 9.54. The van der Waals surface area contributed by atoms with Gasteiger partial charge in [-0.05, 0) is 18.8 Å². The fourth-order valence-corrected chi connectivity index (χ4v) is 2.51. The van der Waals surface area contributed by atoms with Gasteiger partial charge in [0.15, 0.2) is 5.82 Å². The molecule has 2 heterocycles. The second-order valence-electron chi connectivity index (χ2n) is 4.52. The van der Waals surface area contributed by atoms with Crippen LogP contribution in [0.15, 0.2) is 23.7 Å². The van der Waals surface area contributed by atoms with Crippen molar-refractivity contribution < 1.29 is 4.79 Å². The first-order valence-corrected chi connectivity index (χ1v) is 6.01. The van der Waals surface area contributed by atoms with Crippen molar-refractivity contribution in [2.45, 2.75) is 32.1 Å². The summed E-state index contributed by atoms with van der Waals surface area (Å²) in [5, 5.41) is 5.81. The fraction of sp³-hybridized carbons (Fsp3) is 0.500. The van der Waals surface area contributed by atoms with E-state index >= 15 is 0 Å². The van der Waals surface area contributed by atoms with E-state index in [0.29, 0.717) is 18.2 Å². The molecule has 1 aromatic rings. The first-order chi connectivity index (χ1) is 8.34. The number of hydrogen-bond donors (Lipinski definition) is 0. The van der Waals surface area contributed by atoms with Crippen molar-refractivity contribution >= 4 is 17.4 Å². The van der Waals surface area contributed by atoms with E-state index < -0.39 is 0 Å². The highest BCUT2D eigenvalue weighted by Gasteiger charge is 2.31. The molecule has 0 aromatic carbocycles. The van der Waals surface area contributed by atoms with Crippen molar-refractivity contribution in [2.75, 3.05) is 5.01 Å². The normalized spacial score (nSPS) is 21.1. The van der Waals surface area contributed by atoms with E-state index in [1.807, 2.05) is 0 Å². The maximum absolute atomic E-state index is 11.9. The van der Waals surface area contributed by atoms with Crippen LogP contribution in [0.2, 0.25) is 0 Å². The second-order valence-corrected chi connectivity index (χ2v) is 4.52. The van der Waals surface area contributed by atoms with Crippen LogP contribution in [0.5, 0.6) is 0 Å². The molecule has 0 saturated heterocycles. The molecule has 0 radical (unpaired) electrons.